The van der Waals surface area contributed by atoms with Crippen molar-refractivity contribution in [3.8, 4) is 0 Å². The highest BCUT2D eigenvalue weighted by Crippen LogP contribution is 2.18. The monoisotopic (exact) mass is 314 g/mol. The molecule has 0 bridgehead atoms. The quantitative estimate of drug-likeness (QED) is 0.922. The van der Waals surface area contributed by atoms with Gasteiger partial charge in [-0.3, -0.25) is 9.59 Å². The van der Waals surface area contributed by atoms with Crippen molar-refractivity contribution in [2.45, 2.75) is 20.4 Å². The molecule has 2 rings (SSSR count). The van der Waals surface area contributed by atoms with Gasteiger partial charge in [0.25, 0.3) is 0 Å². The number of nitrogens with zero attached hydrogens (tertiary/aromatic N) is 1. The second-order valence-electron chi connectivity index (χ2n) is 5.26. The number of rotatable bonds is 5. The summed E-state index contributed by atoms with van der Waals surface area (Å²) in [5, 5.41) is 2.76. The Labute approximate surface area is 134 Å². The maximum atomic E-state index is 13.8. The van der Waals surface area contributed by atoms with Gasteiger partial charge >= 0.3 is 0 Å². The summed E-state index contributed by atoms with van der Waals surface area (Å²) < 4.78 is 13.8. The third-order valence-electron chi connectivity index (χ3n) is 3.56. The summed E-state index contributed by atoms with van der Waals surface area (Å²) in [5.74, 6) is -1.26. The van der Waals surface area contributed by atoms with E-state index in [0.717, 1.165) is 16.0 Å². The lowest BCUT2D eigenvalue weighted by Crippen LogP contribution is -2.40. The molecule has 0 aliphatic rings. The number of nitrogens with one attached hydrogen (secondary N) is 1. The van der Waals surface area contributed by atoms with Crippen molar-refractivity contribution in [3.05, 3.63) is 65.5 Å². The summed E-state index contributed by atoms with van der Waals surface area (Å²) in [7, 11) is 0. The van der Waals surface area contributed by atoms with Crippen molar-refractivity contribution in [1.29, 1.82) is 0 Å². The zero-order valence-corrected chi connectivity index (χ0v) is 13.2. The molecule has 0 radical (unpaired) electrons. The highest BCUT2D eigenvalue weighted by atomic mass is 19.1. The van der Waals surface area contributed by atoms with Gasteiger partial charge in [0.05, 0.1) is 5.69 Å². The van der Waals surface area contributed by atoms with Gasteiger partial charge in [-0.1, -0.05) is 36.4 Å². The van der Waals surface area contributed by atoms with Gasteiger partial charge in [0, 0.05) is 13.5 Å². The number of carbonyl (C=O) groups excluding carboxylic acids is 2. The number of amides is 2. The van der Waals surface area contributed by atoms with Crippen LogP contribution in [0.1, 0.15) is 18.1 Å². The molecule has 2 amide bonds. The van der Waals surface area contributed by atoms with Gasteiger partial charge in [0.2, 0.25) is 11.8 Å². The van der Waals surface area contributed by atoms with E-state index in [1.54, 1.807) is 6.07 Å². The van der Waals surface area contributed by atoms with Crippen molar-refractivity contribution < 1.29 is 14.0 Å². The Hall–Kier alpha value is -2.69. The predicted octanol–water partition coefficient (Wildman–Crippen LogP) is 2.80. The maximum Gasteiger partial charge on any atom is 0.240 e. The fraction of sp³-hybridized carbons (Fsp3) is 0.222. The third kappa shape index (κ3) is 4.39. The van der Waals surface area contributed by atoms with Crippen molar-refractivity contribution in [2.24, 2.45) is 0 Å². The molecule has 0 spiro atoms. The number of anilines is 1. The predicted molar refractivity (Wildman–Crippen MR) is 87.5 cm³/mol. The molecule has 0 fully saturated rings. The van der Waals surface area contributed by atoms with Crippen LogP contribution in [0.3, 0.4) is 0 Å². The molecule has 23 heavy (non-hydrogen) atoms. The van der Waals surface area contributed by atoms with E-state index in [-0.39, 0.29) is 24.0 Å². The van der Waals surface area contributed by atoms with Crippen LogP contribution in [0, 0.1) is 12.7 Å². The van der Waals surface area contributed by atoms with E-state index in [1.807, 2.05) is 31.2 Å². The van der Waals surface area contributed by atoms with Crippen LogP contribution in [0.2, 0.25) is 0 Å². The van der Waals surface area contributed by atoms with Crippen LogP contribution in [0.25, 0.3) is 0 Å². The highest BCUT2D eigenvalue weighted by molar-refractivity contribution is 5.97. The molecule has 5 heteroatoms. The van der Waals surface area contributed by atoms with E-state index < -0.39 is 5.82 Å². The van der Waals surface area contributed by atoms with Crippen LogP contribution in [0.15, 0.2) is 48.5 Å². The minimum Gasteiger partial charge on any atom is -0.350 e. The van der Waals surface area contributed by atoms with E-state index >= 15 is 0 Å². The number of hydrogen-bond donors (Lipinski definition) is 1. The molecule has 0 unspecified atom stereocenters. The van der Waals surface area contributed by atoms with E-state index in [0.29, 0.717) is 6.54 Å². The van der Waals surface area contributed by atoms with Crippen LogP contribution >= 0.6 is 0 Å². The minimum atomic E-state index is -0.533. The van der Waals surface area contributed by atoms with Crippen LogP contribution in [-0.4, -0.2) is 18.4 Å². The highest BCUT2D eigenvalue weighted by Gasteiger charge is 2.18. The average Bonchev–Trinajstić information content (AvgIpc) is 2.52. The molecule has 2 aromatic rings. The molecular formula is C18H19FN2O2. The molecular weight excluding hydrogens is 295 g/mol. The lowest BCUT2D eigenvalue weighted by atomic mass is 10.1. The molecule has 120 valence electrons. The van der Waals surface area contributed by atoms with Crippen LogP contribution in [-0.2, 0) is 16.1 Å². The Morgan fingerprint density at radius 2 is 1.74 bits per heavy atom. The van der Waals surface area contributed by atoms with Gasteiger partial charge in [-0.2, -0.15) is 0 Å². The van der Waals surface area contributed by atoms with Gasteiger partial charge in [-0.25, -0.2) is 4.39 Å². The molecule has 0 aliphatic carbocycles. The number of carbonyl (C=O) groups is 2. The number of benzene rings is 2. The minimum absolute atomic E-state index is 0.103. The lowest BCUT2D eigenvalue weighted by Gasteiger charge is -2.21. The second-order valence-corrected chi connectivity index (χ2v) is 5.26. The topological polar surface area (TPSA) is 49.4 Å². The largest absolute Gasteiger partial charge is 0.350 e. The zero-order valence-electron chi connectivity index (χ0n) is 13.2. The first-order valence-electron chi connectivity index (χ1n) is 7.33. The fourth-order valence-corrected chi connectivity index (χ4v) is 2.24. The summed E-state index contributed by atoms with van der Waals surface area (Å²) in [6.07, 6.45) is 0. The number of aryl methyl sites for hydroxylation is 1. The molecule has 0 saturated heterocycles. The first kappa shape index (κ1) is 16.7. The second kappa shape index (κ2) is 7.54. The number of hydrogen-bond acceptors (Lipinski definition) is 2. The Morgan fingerprint density at radius 1 is 1.09 bits per heavy atom. The van der Waals surface area contributed by atoms with Crippen molar-refractivity contribution >= 4 is 17.5 Å². The average molecular weight is 314 g/mol. The Bertz CT molecular complexity index is 716. The van der Waals surface area contributed by atoms with Gasteiger partial charge in [0.1, 0.15) is 12.4 Å². The SMILES string of the molecule is CC(=O)N(CC(=O)NCc1ccccc1C)c1ccccc1F. The third-order valence-corrected chi connectivity index (χ3v) is 3.56. The lowest BCUT2D eigenvalue weighted by molar-refractivity contribution is -0.123. The Kier molecular flexibility index (Phi) is 5.46. The standard InChI is InChI=1S/C18H19FN2O2/c1-13-7-3-4-8-15(13)11-20-18(23)12-21(14(2)22)17-10-6-5-9-16(17)19/h3-10H,11-12H2,1-2H3,(H,20,23). The molecule has 0 aliphatic heterocycles. The van der Waals surface area contributed by atoms with Gasteiger partial charge in [0.15, 0.2) is 0 Å². The van der Waals surface area contributed by atoms with Crippen molar-refractivity contribution in [3.63, 3.8) is 0 Å². The fourth-order valence-electron chi connectivity index (χ4n) is 2.24. The first-order valence-corrected chi connectivity index (χ1v) is 7.33. The van der Waals surface area contributed by atoms with Gasteiger partial charge < -0.3 is 10.2 Å². The van der Waals surface area contributed by atoms with Gasteiger partial charge in [-0.15, -0.1) is 0 Å². The van der Waals surface area contributed by atoms with Crippen LogP contribution < -0.4 is 10.2 Å². The molecule has 0 saturated carbocycles. The number of halogens is 1. The van der Waals surface area contributed by atoms with Crippen molar-refractivity contribution in [1.82, 2.24) is 5.32 Å². The molecule has 0 heterocycles. The first-order chi connectivity index (χ1) is 11.0. The van der Waals surface area contributed by atoms with Crippen molar-refractivity contribution in [2.75, 3.05) is 11.4 Å². The molecule has 2 aromatic carbocycles. The van der Waals surface area contributed by atoms with Crippen LogP contribution in [0.5, 0.6) is 0 Å². The van der Waals surface area contributed by atoms with Gasteiger partial charge in [-0.05, 0) is 30.2 Å². The smallest absolute Gasteiger partial charge is 0.240 e. The molecule has 1 N–H and O–H groups in total. The van der Waals surface area contributed by atoms with E-state index in [2.05, 4.69) is 5.32 Å². The number of para-hydroxylation sites is 1. The van der Waals surface area contributed by atoms with Crippen LogP contribution in [0.4, 0.5) is 10.1 Å². The summed E-state index contributed by atoms with van der Waals surface area (Å²) in [6.45, 7) is 3.42. The maximum absolute atomic E-state index is 13.8. The zero-order chi connectivity index (χ0) is 16.8. The summed E-state index contributed by atoms with van der Waals surface area (Å²) >= 11 is 0. The van der Waals surface area contributed by atoms with E-state index in [1.165, 1.54) is 25.1 Å². The Balaban J connectivity index is 2.03. The molecule has 0 aromatic heterocycles. The Morgan fingerprint density at radius 3 is 2.39 bits per heavy atom. The van der Waals surface area contributed by atoms with E-state index in [9.17, 15) is 14.0 Å². The summed E-state index contributed by atoms with van der Waals surface area (Å²) in [4.78, 5) is 25.0. The van der Waals surface area contributed by atoms with E-state index in [4.69, 9.17) is 0 Å². The summed E-state index contributed by atoms with van der Waals surface area (Å²) in [5.41, 5.74) is 2.18. The summed E-state index contributed by atoms with van der Waals surface area (Å²) in [6, 6.07) is 13.6. The molecule has 0 atom stereocenters. The normalized spacial score (nSPS) is 10.2. The molecule has 4 nitrogen and oxygen atoms in total.